The zero-order chi connectivity index (χ0) is 34.2. The first-order chi connectivity index (χ1) is 23.2. The Hall–Kier alpha value is -5.68. The molecular formula is C34H37FN8O5. The SMILES string of the molecule is COc1ccc(N(C(=O)Nc2ccc(F)cc2)C(C)c2nc3ccccc3c(=O)n2N2CCN(CCCC(=O)NC#N)CC2)c(OC)c1. The van der Waals surface area contributed by atoms with Crippen LogP contribution in [0.4, 0.5) is 20.6 Å². The molecule has 250 valence electrons. The zero-order valence-electron chi connectivity index (χ0n) is 27.0. The van der Waals surface area contributed by atoms with Crippen molar-refractivity contribution in [3.63, 3.8) is 0 Å². The lowest BCUT2D eigenvalue weighted by Gasteiger charge is -2.39. The van der Waals surface area contributed by atoms with Crippen molar-refractivity contribution in [1.82, 2.24) is 19.9 Å². The first-order valence-electron chi connectivity index (χ1n) is 15.5. The number of nitrogens with zero attached hydrogens (tertiary/aromatic N) is 6. The standard InChI is InChI=1S/C34H37FN8O5/c1-23(42(29-15-14-26(47-2)21-30(29)48-3)34(46)38-25-12-10-24(35)11-13-25)32-39-28-8-5-4-7-27(28)33(45)43(32)41-19-17-40(18-20-41)16-6-9-31(44)37-22-36/h4-5,7-8,10-15,21,23H,6,9,16-20H2,1-3H3,(H,37,44)(H,38,46). The van der Waals surface area contributed by atoms with E-state index in [1.807, 2.05) is 5.01 Å². The summed E-state index contributed by atoms with van der Waals surface area (Å²) in [6.45, 7) is 4.65. The fraction of sp³-hybridized carbons (Fsp3) is 0.324. The summed E-state index contributed by atoms with van der Waals surface area (Å²) >= 11 is 0. The van der Waals surface area contributed by atoms with Crippen molar-refractivity contribution >= 4 is 34.2 Å². The summed E-state index contributed by atoms with van der Waals surface area (Å²) < 4.78 is 26.3. The molecule has 1 unspecified atom stereocenters. The third-order valence-electron chi connectivity index (χ3n) is 8.21. The van der Waals surface area contributed by atoms with Crippen molar-refractivity contribution in [2.75, 3.05) is 62.2 Å². The van der Waals surface area contributed by atoms with Gasteiger partial charge in [0, 0.05) is 44.4 Å². The molecule has 0 radical (unpaired) electrons. The molecule has 1 saturated heterocycles. The number of nitrogens with one attached hydrogen (secondary N) is 2. The average Bonchev–Trinajstić information content (AvgIpc) is 3.10. The number of methoxy groups -OCH3 is 2. The van der Waals surface area contributed by atoms with Crippen LogP contribution in [0.25, 0.3) is 10.9 Å². The summed E-state index contributed by atoms with van der Waals surface area (Å²) in [6, 6.07) is 16.2. The molecule has 2 N–H and O–H groups in total. The van der Waals surface area contributed by atoms with Gasteiger partial charge in [-0.15, -0.1) is 0 Å². The Morgan fingerprint density at radius 2 is 1.77 bits per heavy atom. The molecule has 0 spiro atoms. The quantitative estimate of drug-likeness (QED) is 0.181. The molecule has 1 aliphatic rings. The summed E-state index contributed by atoms with van der Waals surface area (Å²) in [5.74, 6) is 0.440. The largest absolute Gasteiger partial charge is 0.497 e. The van der Waals surface area contributed by atoms with E-state index in [9.17, 15) is 18.8 Å². The number of carbonyl (C=O) groups excluding carboxylic acids is 2. The predicted octanol–water partition coefficient (Wildman–Crippen LogP) is 3.98. The Morgan fingerprint density at radius 1 is 1.04 bits per heavy atom. The molecule has 48 heavy (non-hydrogen) atoms. The summed E-state index contributed by atoms with van der Waals surface area (Å²) in [5, 5.41) is 16.0. The number of para-hydroxylation sites is 1. The van der Waals surface area contributed by atoms with Gasteiger partial charge in [0.05, 0.1) is 36.9 Å². The van der Waals surface area contributed by atoms with E-state index in [1.54, 1.807) is 60.3 Å². The molecule has 14 heteroatoms. The van der Waals surface area contributed by atoms with Crippen LogP contribution in [0.2, 0.25) is 0 Å². The molecule has 1 fully saturated rings. The molecule has 0 bridgehead atoms. The number of halogens is 1. The molecule has 3 amide bonds. The van der Waals surface area contributed by atoms with E-state index in [4.69, 9.17) is 19.7 Å². The van der Waals surface area contributed by atoms with Gasteiger partial charge in [0.1, 0.15) is 17.3 Å². The van der Waals surface area contributed by atoms with E-state index >= 15 is 0 Å². The highest BCUT2D eigenvalue weighted by molar-refractivity contribution is 6.03. The van der Waals surface area contributed by atoms with Crippen LogP contribution in [0.15, 0.2) is 71.5 Å². The second kappa shape index (κ2) is 15.3. The maximum absolute atomic E-state index is 14.2. The van der Waals surface area contributed by atoms with E-state index < -0.39 is 17.9 Å². The van der Waals surface area contributed by atoms with Crippen molar-refractivity contribution in [2.45, 2.75) is 25.8 Å². The average molecular weight is 657 g/mol. The molecule has 1 aromatic heterocycles. The van der Waals surface area contributed by atoms with Gasteiger partial charge in [-0.3, -0.25) is 24.7 Å². The zero-order valence-corrected chi connectivity index (χ0v) is 27.0. The van der Waals surface area contributed by atoms with Gasteiger partial charge >= 0.3 is 6.03 Å². The number of rotatable bonds is 11. The topological polar surface area (TPSA) is 145 Å². The fourth-order valence-corrected chi connectivity index (χ4v) is 5.74. The number of fused-ring (bicyclic) bond motifs is 1. The van der Waals surface area contributed by atoms with Gasteiger partial charge in [-0.1, -0.05) is 12.1 Å². The van der Waals surface area contributed by atoms with E-state index in [2.05, 4.69) is 15.5 Å². The lowest BCUT2D eigenvalue weighted by atomic mass is 10.1. The first-order valence-corrected chi connectivity index (χ1v) is 15.5. The third kappa shape index (κ3) is 7.48. The van der Waals surface area contributed by atoms with Gasteiger partial charge in [-0.05, 0) is 68.4 Å². The van der Waals surface area contributed by atoms with Crippen molar-refractivity contribution in [1.29, 1.82) is 5.26 Å². The molecular weight excluding hydrogens is 619 g/mol. The number of ether oxygens (including phenoxy) is 2. The summed E-state index contributed by atoms with van der Waals surface area (Å²) in [4.78, 5) is 48.7. The summed E-state index contributed by atoms with van der Waals surface area (Å²) in [7, 11) is 3.01. The molecule has 0 aliphatic carbocycles. The predicted molar refractivity (Wildman–Crippen MR) is 179 cm³/mol. The molecule has 5 rings (SSSR count). The monoisotopic (exact) mass is 656 g/mol. The maximum Gasteiger partial charge on any atom is 0.327 e. The summed E-state index contributed by atoms with van der Waals surface area (Å²) in [5.41, 5.74) is 0.973. The van der Waals surface area contributed by atoms with E-state index in [-0.39, 0.29) is 17.9 Å². The van der Waals surface area contributed by atoms with E-state index in [0.29, 0.717) is 78.7 Å². The van der Waals surface area contributed by atoms with Crippen LogP contribution >= 0.6 is 0 Å². The van der Waals surface area contributed by atoms with Gasteiger partial charge in [0.15, 0.2) is 12.0 Å². The minimum absolute atomic E-state index is 0.244. The number of carbonyl (C=O) groups is 2. The minimum atomic E-state index is -0.818. The summed E-state index contributed by atoms with van der Waals surface area (Å²) in [6.07, 6.45) is 2.49. The van der Waals surface area contributed by atoms with Crippen molar-refractivity contribution in [3.05, 3.63) is 88.7 Å². The van der Waals surface area contributed by atoms with E-state index in [0.717, 1.165) is 0 Å². The van der Waals surface area contributed by atoms with Gasteiger partial charge in [-0.2, -0.15) is 5.26 Å². The number of anilines is 2. The number of hydrogen-bond donors (Lipinski definition) is 2. The van der Waals surface area contributed by atoms with Crippen LogP contribution < -0.4 is 35.6 Å². The first kappa shape index (κ1) is 33.7. The second-order valence-corrected chi connectivity index (χ2v) is 11.2. The molecule has 0 saturated carbocycles. The molecule has 3 aromatic carbocycles. The van der Waals surface area contributed by atoms with Crippen molar-refractivity contribution in [2.24, 2.45) is 0 Å². The van der Waals surface area contributed by atoms with Gasteiger partial charge < -0.3 is 19.8 Å². The molecule has 1 aliphatic heterocycles. The second-order valence-electron chi connectivity index (χ2n) is 11.2. The van der Waals surface area contributed by atoms with Crippen molar-refractivity contribution < 1.29 is 23.5 Å². The lowest BCUT2D eigenvalue weighted by Crippen LogP contribution is -2.56. The molecule has 2 heterocycles. The Bertz CT molecular complexity index is 1870. The van der Waals surface area contributed by atoms with Crippen LogP contribution in [0.3, 0.4) is 0 Å². The van der Waals surface area contributed by atoms with Crippen LogP contribution in [0, 0.1) is 17.3 Å². The molecule has 1 atom stereocenters. The smallest absolute Gasteiger partial charge is 0.327 e. The van der Waals surface area contributed by atoms with Crippen LogP contribution in [-0.4, -0.2) is 73.4 Å². The number of piperazine rings is 1. The van der Waals surface area contributed by atoms with Crippen LogP contribution in [0.5, 0.6) is 11.5 Å². The minimum Gasteiger partial charge on any atom is -0.497 e. The Morgan fingerprint density at radius 3 is 2.46 bits per heavy atom. The van der Waals surface area contributed by atoms with Gasteiger partial charge in [0.25, 0.3) is 5.56 Å². The normalized spacial score (nSPS) is 13.8. The Kier molecular flexibility index (Phi) is 10.7. The highest BCUT2D eigenvalue weighted by atomic mass is 19.1. The van der Waals surface area contributed by atoms with Gasteiger partial charge in [0.2, 0.25) is 5.91 Å². The number of aromatic nitrogens is 2. The highest BCUT2D eigenvalue weighted by Crippen LogP contribution is 2.37. The number of amides is 3. The lowest BCUT2D eigenvalue weighted by molar-refractivity contribution is -0.120. The van der Waals surface area contributed by atoms with Crippen LogP contribution in [-0.2, 0) is 4.79 Å². The molecule has 13 nitrogen and oxygen atoms in total. The number of hydrogen-bond acceptors (Lipinski definition) is 9. The number of nitriles is 1. The number of urea groups is 1. The number of benzene rings is 3. The fourth-order valence-electron chi connectivity index (χ4n) is 5.74. The highest BCUT2D eigenvalue weighted by Gasteiger charge is 2.32. The van der Waals surface area contributed by atoms with Crippen LogP contribution in [0.1, 0.15) is 31.6 Å². The van der Waals surface area contributed by atoms with Crippen molar-refractivity contribution in [3.8, 4) is 17.7 Å². The maximum atomic E-state index is 14.2. The van der Waals surface area contributed by atoms with Gasteiger partial charge in [-0.25, -0.2) is 18.8 Å². The van der Waals surface area contributed by atoms with E-state index in [1.165, 1.54) is 43.4 Å². The Balaban J connectivity index is 1.53. The Labute approximate surface area is 277 Å². The third-order valence-corrected chi connectivity index (χ3v) is 8.21. The molecule has 4 aromatic rings.